The van der Waals surface area contributed by atoms with Gasteiger partial charge in [-0.2, -0.15) is 0 Å². The Labute approximate surface area is 123 Å². The molecule has 0 bridgehead atoms. The SMILES string of the molecule is COc1ccc(C(=O)N(C)Cc2ccc(Cl)cc2)cn1. The van der Waals surface area contributed by atoms with Crippen molar-refractivity contribution in [3.8, 4) is 5.88 Å². The molecule has 2 rings (SSSR count). The molecule has 0 atom stereocenters. The van der Waals surface area contributed by atoms with Gasteiger partial charge in [-0.1, -0.05) is 23.7 Å². The van der Waals surface area contributed by atoms with Crippen molar-refractivity contribution >= 4 is 17.5 Å². The first-order chi connectivity index (χ1) is 9.60. The molecule has 2 aromatic rings. The van der Waals surface area contributed by atoms with E-state index in [4.69, 9.17) is 16.3 Å². The molecule has 0 radical (unpaired) electrons. The minimum Gasteiger partial charge on any atom is -0.481 e. The third-order valence-corrected chi connectivity index (χ3v) is 3.12. The van der Waals surface area contributed by atoms with E-state index in [1.165, 1.54) is 13.3 Å². The van der Waals surface area contributed by atoms with Crippen LogP contribution < -0.4 is 4.74 Å². The first-order valence-electron chi connectivity index (χ1n) is 6.10. The molecule has 0 N–H and O–H groups in total. The molecule has 5 heteroatoms. The molecule has 1 aromatic carbocycles. The Morgan fingerprint density at radius 3 is 2.50 bits per heavy atom. The first kappa shape index (κ1) is 14.3. The third-order valence-electron chi connectivity index (χ3n) is 2.87. The summed E-state index contributed by atoms with van der Waals surface area (Å²) in [6, 6.07) is 10.8. The summed E-state index contributed by atoms with van der Waals surface area (Å²) < 4.78 is 4.97. The van der Waals surface area contributed by atoms with E-state index in [0.717, 1.165) is 5.56 Å². The van der Waals surface area contributed by atoms with Gasteiger partial charge in [-0.3, -0.25) is 4.79 Å². The average Bonchev–Trinajstić information content (AvgIpc) is 2.49. The minimum atomic E-state index is -0.0879. The van der Waals surface area contributed by atoms with Gasteiger partial charge in [0.2, 0.25) is 5.88 Å². The quantitative estimate of drug-likeness (QED) is 0.869. The van der Waals surface area contributed by atoms with Crippen molar-refractivity contribution in [2.24, 2.45) is 0 Å². The van der Waals surface area contributed by atoms with Crippen molar-refractivity contribution in [1.29, 1.82) is 0 Å². The van der Waals surface area contributed by atoms with Crippen LogP contribution in [0.1, 0.15) is 15.9 Å². The van der Waals surface area contributed by atoms with Crippen molar-refractivity contribution in [2.75, 3.05) is 14.2 Å². The minimum absolute atomic E-state index is 0.0879. The maximum atomic E-state index is 12.2. The van der Waals surface area contributed by atoms with Gasteiger partial charge in [0.05, 0.1) is 12.7 Å². The van der Waals surface area contributed by atoms with Crippen LogP contribution in [-0.2, 0) is 6.54 Å². The molecule has 0 aliphatic carbocycles. The maximum absolute atomic E-state index is 12.2. The van der Waals surface area contributed by atoms with E-state index in [2.05, 4.69) is 4.98 Å². The Kier molecular flexibility index (Phi) is 4.58. The lowest BCUT2D eigenvalue weighted by Gasteiger charge is -2.17. The van der Waals surface area contributed by atoms with Crippen molar-refractivity contribution in [1.82, 2.24) is 9.88 Å². The Morgan fingerprint density at radius 1 is 1.25 bits per heavy atom. The van der Waals surface area contributed by atoms with Crippen LogP contribution in [0.25, 0.3) is 0 Å². The Hall–Kier alpha value is -2.07. The molecule has 0 saturated carbocycles. The van der Waals surface area contributed by atoms with E-state index in [9.17, 15) is 4.79 Å². The average molecular weight is 291 g/mol. The molecule has 1 aromatic heterocycles. The molecule has 0 saturated heterocycles. The number of nitrogens with zero attached hydrogens (tertiary/aromatic N) is 2. The Balaban J connectivity index is 2.05. The largest absolute Gasteiger partial charge is 0.481 e. The van der Waals surface area contributed by atoms with Gasteiger partial charge in [0.25, 0.3) is 5.91 Å². The molecule has 0 unspecified atom stereocenters. The smallest absolute Gasteiger partial charge is 0.255 e. The lowest BCUT2D eigenvalue weighted by atomic mass is 10.2. The molecule has 104 valence electrons. The van der Waals surface area contributed by atoms with Gasteiger partial charge in [0.1, 0.15) is 0 Å². The molecule has 0 aliphatic heterocycles. The summed E-state index contributed by atoms with van der Waals surface area (Å²) in [5.74, 6) is 0.400. The summed E-state index contributed by atoms with van der Waals surface area (Å²) in [6.07, 6.45) is 1.51. The van der Waals surface area contributed by atoms with Crippen molar-refractivity contribution in [2.45, 2.75) is 6.54 Å². The van der Waals surface area contributed by atoms with Gasteiger partial charge >= 0.3 is 0 Å². The number of ether oxygens (including phenoxy) is 1. The molecule has 0 spiro atoms. The zero-order chi connectivity index (χ0) is 14.5. The molecule has 1 heterocycles. The van der Waals surface area contributed by atoms with Crippen LogP contribution in [0, 0.1) is 0 Å². The van der Waals surface area contributed by atoms with Crippen LogP contribution in [-0.4, -0.2) is 29.9 Å². The number of rotatable bonds is 4. The van der Waals surface area contributed by atoms with Crippen molar-refractivity contribution in [3.63, 3.8) is 0 Å². The van der Waals surface area contributed by atoms with Crippen LogP contribution >= 0.6 is 11.6 Å². The number of hydrogen-bond acceptors (Lipinski definition) is 3. The number of carbonyl (C=O) groups excluding carboxylic acids is 1. The van der Waals surface area contributed by atoms with E-state index >= 15 is 0 Å². The predicted octanol–water partition coefficient (Wildman–Crippen LogP) is 3.02. The number of aromatic nitrogens is 1. The van der Waals surface area contributed by atoms with Crippen LogP contribution in [0.5, 0.6) is 5.88 Å². The highest BCUT2D eigenvalue weighted by Crippen LogP contribution is 2.13. The number of amides is 1. The summed E-state index contributed by atoms with van der Waals surface area (Å²) in [5, 5.41) is 0.682. The summed E-state index contributed by atoms with van der Waals surface area (Å²) in [4.78, 5) is 17.9. The van der Waals surface area contributed by atoms with Gasteiger partial charge in [-0.15, -0.1) is 0 Å². The molecule has 1 amide bonds. The monoisotopic (exact) mass is 290 g/mol. The number of halogens is 1. The zero-order valence-electron chi connectivity index (χ0n) is 11.3. The van der Waals surface area contributed by atoms with Gasteiger partial charge in [-0.05, 0) is 23.8 Å². The second-order valence-corrected chi connectivity index (χ2v) is 4.81. The fraction of sp³-hybridized carbons (Fsp3) is 0.200. The second kappa shape index (κ2) is 6.39. The van der Waals surface area contributed by atoms with Gasteiger partial charge in [0, 0.05) is 30.9 Å². The summed E-state index contributed by atoms with van der Waals surface area (Å²) in [7, 11) is 3.29. The molecular weight excluding hydrogens is 276 g/mol. The number of methoxy groups -OCH3 is 1. The number of carbonyl (C=O) groups is 1. The topological polar surface area (TPSA) is 42.4 Å². The van der Waals surface area contributed by atoms with E-state index in [1.54, 1.807) is 24.1 Å². The number of hydrogen-bond donors (Lipinski definition) is 0. The lowest BCUT2D eigenvalue weighted by molar-refractivity contribution is 0.0784. The van der Waals surface area contributed by atoms with E-state index < -0.39 is 0 Å². The first-order valence-corrected chi connectivity index (χ1v) is 6.48. The summed E-state index contributed by atoms with van der Waals surface area (Å²) >= 11 is 5.83. The van der Waals surface area contributed by atoms with Gasteiger partial charge < -0.3 is 9.64 Å². The van der Waals surface area contributed by atoms with Crippen LogP contribution in [0.15, 0.2) is 42.6 Å². The van der Waals surface area contributed by atoms with E-state index in [-0.39, 0.29) is 5.91 Å². The summed E-state index contributed by atoms with van der Waals surface area (Å²) in [5.41, 5.74) is 1.55. The normalized spacial score (nSPS) is 10.2. The number of pyridine rings is 1. The molecule has 0 fully saturated rings. The van der Waals surface area contributed by atoms with E-state index in [1.807, 2.05) is 24.3 Å². The number of benzene rings is 1. The van der Waals surface area contributed by atoms with Gasteiger partial charge in [0.15, 0.2) is 0 Å². The fourth-order valence-electron chi connectivity index (χ4n) is 1.78. The van der Waals surface area contributed by atoms with Crippen molar-refractivity contribution in [3.05, 3.63) is 58.7 Å². The van der Waals surface area contributed by atoms with Crippen molar-refractivity contribution < 1.29 is 9.53 Å². The second-order valence-electron chi connectivity index (χ2n) is 4.38. The Morgan fingerprint density at radius 2 is 1.95 bits per heavy atom. The lowest BCUT2D eigenvalue weighted by Crippen LogP contribution is -2.26. The fourth-order valence-corrected chi connectivity index (χ4v) is 1.91. The Bertz CT molecular complexity index is 582. The summed E-state index contributed by atoms with van der Waals surface area (Å²) in [6.45, 7) is 0.516. The standard InChI is InChI=1S/C15H15ClN2O2/c1-18(10-11-3-6-13(16)7-4-11)15(19)12-5-8-14(20-2)17-9-12/h3-9H,10H2,1-2H3. The molecular formula is C15H15ClN2O2. The third kappa shape index (κ3) is 3.48. The van der Waals surface area contributed by atoms with Crippen LogP contribution in [0.2, 0.25) is 5.02 Å². The highest BCUT2D eigenvalue weighted by Gasteiger charge is 2.12. The predicted molar refractivity (Wildman–Crippen MR) is 78.0 cm³/mol. The zero-order valence-corrected chi connectivity index (χ0v) is 12.1. The molecule has 20 heavy (non-hydrogen) atoms. The highest BCUT2D eigenvalue weighted by atomic mass is 35.5. The highest BCUT2D eigenvalue weighted by molar-refractivity contribution is 6.30. The van der Waals surface area contributed by atoms with E-state index in [0.29, 0.717) is 23.0 Å². The molecule has 4 nitrogen and oxygen atoms in total. The van der Waals surface area contributed by atoms with Crippen LogP contribution in [0.3, 0.4) is 0 Å². The van der Waals surface area contributed by atoms with Gasteiger partial charge in [-0.25, -0.2) is 4.98 Å². The van der Waals surface area contributed by atoms with Crippen LogP contribution in [0.4, 0.5) is 0 Å². The molecule has 0 aliphatic rings. The maximum Gasteiger partial charge on any atom is 0.255 e.